The van der Waals surface area contributed by atoms with Crippen LogP contribution in [0.25, 0.3) is 0 Å². The van der Waals surface area contributed by atoms with E-state index in [2.05, 4.69) is 36.0 Å². The van der Waals surface area contributed by atoms with Crippen LogP contribution in [0.5, 0.6) is 0 Å². The molecule has 2 unspecified atom stereocenters. The molecular weight excluding hydrogens is 284 g/mol. The third-order valence-corrected chi connectivity index (χ3v) is 4.67. The third kappa shape index (κ3) is 4.31. The van der Waals surface area contributed by atoms with Crippen molar-refractivity contribution >= 4 is 17.2 Å². The fourth-order valence-corrected chi connectivity index (χ4v) is 3.35. The molecule has 1 saturated heterocycles. The van der Waals surface area contributed by atoms with Gasteiger partial charge in [-0.1, -0.05) is 18.8 Å². The molecule has 0 aromatic carbocycles. The molecule has 2 N–H and O–H groups in total. The zero-order chi connectivity index (χ0) is 15.2. The number of carbonyl (C=O) groups is 1. The van der Waals surface area contributed by atoms with Gasteiger partial charge >= 0.3 is 0 Å². The van der Waals surface area contributed by atoms with Crippen molar-refractivity contribution in [3.8, 4) is 11.8 Å². The maximum atomic E-state index is 12.4. The molecule has 0 aliphatic carbocycles. The summed E-state index contributed by atoms with van der Waals surface area (Å²) in [7, 11) is 2.11. The standard InChI is InChI=1S/C16H22N2O2S/c1-12-11-18(2)8-6-14(12)17-16(20)15-13(7-10-21-15)5-3-4-9-19/h7,10,12,14,19H,4,6,8-9,11H2,1-2H3,(H,17,20). The SMILES string of the molecule is CC1CN(C)CCC1NC(=O)c1sccc1C#CCCO. The number of amides is 1. The van der Waals surface area contributed by atoms with Crippen LogP contribution in [0.3, 0.4) is 0 Å². The lowest BCUT2D eigenvalue weighted by Gasteiger charge is -2.35. The Morgan fingerprint density at radius 1 is 1.62 bits per heavy atom. The van der Waals surface area contributed by atoms with Gasteiger partial charge in [-0.2, -0.15) is 0 Å². The van der Waals surface area contributed by atoms with Crippen molar-refractivity contribution in [2.24, 2.45) is 5.92 Å². The van der Waals surface area contributed by atoms with E-state index in [4.69, 9.17) is 5.11 Å². The predicted molar refractivity (Wildman–Crippen MR) is 85.4 cm³/mol. The highest BCUT2D eigenvalue weighted by atomic mass is 32.1. The second-order valence-electron chi connectivity index (χ2n) is 5.55. The molecule has 1 amide bonds. The van der Waals surface area contributed by atoms with Crippen molar-refractivity contribution in [3.63, 3.8) is 0 Å². The van der Waals surface area contributed by atoms with Crippen LogP contribution in [0.2, 0.25) is 0 Å². The minimum absolute atomic E-state index is 0.0281. The van der Waals surface area contributed by atoms with Crippen LogP contribution < -0.4 is 5.32 Å². The van der Waals surface area contributed by atoms with Gasteiger partial charge in [0, 0.05) is 24.6 Å². The Balaban J connectivity index is 2.01. The molecule has 2 atom stereocenters. The largest absolute Gasteiger partial charge is 0.395 e. The highest BCUT2D eigenvalue weighted by molar-refractivity contribution is 7.12. The van der Waals surface area contributed by atoms with Gasteiger partial charge in [0.15, 0.2) is 0 Å². The summed E-state index contributed by atoms with van der Waals surface area (Å²) < 4.78 is 0. The van der Waals surface area contributed by atoms with E-state index in [9.17, 15) is 4.79 Å². The molecule has 1 aliphatic rings. The van der Waals surface area contributed by atoms with Gasteiger partial charge in [-0.15, -0.1) is 11.3 Å². The lowest BCUT2D eigenvalue weighted by molar-refractivity contribution is 0.0888. The number of piperidine rings is 1. The number of likely N-dealkylation sites (tertiary alicyclic amines) is 1. The van der Waals surface area contributed by atoms with Crippen LogP contribution in [-0.4, -0.2) is 48.7 Å². The molecule has 5 heteroatoms. The highest BCUT2D eigenvalue weighted by Gasteiger charge is 2.26. The first-order valence-electron chi connectivity index (χ1n) is 7.28. The number of nitrogens with one attached hydrogen (secondary N) is 1. The van der Waals surface area contributed by atoms with E-state index in [0.717, 1.165) is 25.1 Å². The van der Waals surface area contributed by atoms with Crippen LogP contribution in [0.15, 0.2) is 11.4 Å². The van der Waals surface area contributed by atoms with E-state index < -0.39 is 0 Å². The van der Waals surface area contributed by atoms with Crippen LogP contribution in [0.4, 0.5) is 0 Å². The lowest BCUT2D eigenvalue weighted by Crippen LogP contribution is -2.48. The number of nitrogens with zero attached hydrogens (tertiary/aromatic N) is 1. The molecular formula is C16H22N2O2S. The fraction of sp³-hybridized carbons (Fsp3) is 0.562. The third-order valence-electron chi connectivity index (χ3n) is 3.76. The number of thiophene rings is 1. The van der Waals surface area contributed by atoms with E-state index >= 15 is 0 Å². The molecule has 0 bridgehead atoms. The molecule has 2 rings (SSSR count). The fourth-order valence-electron chi connectivity index (χ4n) is 2.60. The maximum absolute atomic E-state index is 12.4. The van der Waals surface area contributed by atoms with Gasteiger partial charge in [-0.3, -0.25) is 4.79 Å². The number of aliphatic hydroxyl groups is 1. The van der Waals surface area contributed by atoms with E-state index in [-0.39, 0.29) is 18.6 Å². The molecule has 1 aromatic rings. The number of rotatable bonds is 3. The summed E-state index contributed by atoms with van der Waals surface area (Å²) in [4.78, 5) is 15.4. The smallest absolute Gasteiger partial charge is 0.262 e. The maximum Gasteiger partial charge on any atom is 0.262 e. The first-order valence-corrected chi connectivity index (χ1v) is 8.16. The molecule has 4 nitrogen and oxygen atoms in total. The first kappa shape index (κ1) is 16.0. The molecule has 0 spiro atoms. The van der Waals surface area contributed by atoms with Crippen molar-refractivity contribution in [2.75, 3.05) is 26.7 Å². The van der Waals surface area contributed by atoms with Crippen molar-refractivity contribution in [2.45, 2.75) is 25.8 Å². The van der Waals surface area contributed by atoms with E-state index in [1.165, 1.54) is 11.3 Å². The normalized spacial score (nSPS) is 22.4. The summed E-state index contributed by atoms with van der Waals surface area (Å²) in [5, 5.41) is 13.8. The highest BCUT2D eigenvalue weighted by Crippen LogP contribution is 2.19. The van der Waals surface area contributed by atoms with E-state index in [1.807, 2.05) is 11.4 Å². The van der Waals surface area contributed by atoms with Crippen molar-refractivity contribution in [1.29, 1.82) is 0 Å². The topological polar surface area (TPSA) is 52.6 Å². The Labute approximate surface area is 130 Å². The number of aliphatic hydroxyl groups excluding tert-OH is 1. The summed E-state index contributed by atoms with van der Waals surface area (Å²) >= 11 is 1.42. The molecule has 0 radical (unpaired) electrons. The first-order chi connectivity index (χ1) is 10.1. The Morgan fingerprint density at radius 2 is 2.43 bits per heavy atom. The summed E-state index contributed by atoms with van der Waals surface area (Å²) in [6.07, 6.45) is 1.42. The second-order valence-corrected chi connectivity index (χ2v) is 6.46. The molecule has 21 heavy (non-hydrogen) atoms. The van der Waals surface area contributed by atoms with Crippen LogP contribution >= 0.6 is 11.3 Å². The van der Waals surface area contributed by atoms with Gasteiger partial charge in [0.25, 0.3) is 5.91 Å². The molecule has 1 aliphatic heterocycles. The predicted octanol–water partition coefficient (Wildman–Crippen LogP) is 1.55. The average molecular weight is 306 g/mol. The van der Waals surface area contributed by atoms with Crippen molar-refractivity contribution in [1.82, 2.24) is 10.2 Å². The molecule has 1 fully saturated rings. The van der Waals surface area contributed by atoms with Crippen molar-refractivity contribution < 1.29 is 9.90 Å². The quantitative estimate of drug-likeness (QED) is 0.833. The summed E-state index contributed by atoms with van der Waals surface area (Å²) in [6.45, 7) is 4.25. The zero-order valence-electron chi connectivity index (χ0n) is 12.6. The molecule has 1 aromatic heterocycles. The average Bonchev–Trinajstić information content (AvgIpc) is 2.91. The van der Waals surface area contributed by atoms with Crippen LogP contribution in [0, 0.1) is 17.8 Å². The number of carbonyl (C=O) groups excluding carboxylic acids is 1. The second kappa shape index (κ2) is 7.60. The Hall–Kier alpha value is -1.35. The Morgan fingerprint density at radius 3 is 3.14 bits per heavy atom. The van der Waals surface area contributed by atoms with Gasteiger partial charge in [0.05, 0.1) is 6.61 Å². The van der Waals surface area contributed by atoms with Gasteiger partial charge in [0.2, 0.25) is 0 Å². The summed E-state index contributed by atoms with van der Waals surface area (Å²) in [5.41, 5.74) is 0.756. The van der Waals surface area contributed by atoms with Gasteiger partial charge < -0.3 is 15.3 Å². The van der Waals surface area contributed by atoms with E-state index in [0.29, 0.717) is 17.2 Å². The Kier molecular flexibility index (Phi) is 5.80. The molecule has 114 valence electrons. The number of hydrogen-bond acceptors (Lipinski definition) is 4. The molecule has 2 heterocycles. The lowest BCUT2D eigenvalue weighted by atomic mass is 9.94. The van der Waals surface area contributed by atoms with Crippen LogP contribution in [0.1, 0.15) is 35.0 Å². The van der Waals surface area contributed by atoms with Crippen molar-refractivity contribution in [3.05, 3.63) is 21.9 Å². The van der Waals surface area contributed by atoms with E-state index in [1.54, 1.807) is 0 Å². The number of hydrogen-bond donors (Lipinski definition) is 2. The monoisotopic (exact) mass is 306 g/mol. The minimum atomic E-state index is -0.0281. The van der Waals surface area contributed by atoms with Crippen LogP contribution in [-0.2, 0) is 0 Å². The van der Waals surface area contributed by atoms with Gasteiger partial charge in [-0.05, 0) is 37.4 Å². The zero-order valence-corrected chi connectivity index (χ0v) is 13.4. The molecule has 0 saturated carbocycles. The Bertz CT molecular complexity index is 544. The van der Waals surface area contributed by atoms with Gasteiger partial charge in [0.1, 0.15) is 4.88 Å². The van der Waals surface area contributed by atoms with Gasteiger partial charge in [-0.25, -0.2) is 0 Å². The summed E-state index contributed by atoms with van der Waals surface area (Å²) in [6, 6.07) is 2.09. The minimum Gasteiger partial charge on any atom is -0.395 e. The summed E-state index contributed by atoms with van der Waals surface area (Å²) in [5.74, 6) is 6.26.